The second kappa shape index (κ2) is 9.63. The Labute approximate surface area is 191 Å². The van der Waals surface area contributed by atoms with Crippen LogP contribution < -0.4 is 0 Å². The highest BCUT2D eigenvalue weighted by atomic mass is 28.4. The zero-order chi connectivity index (χ0) is 23.5. The Bertz CT molecular complexity index is 983. The number of aromatic nitrogens is 1. The first-order chi connectivity index (χ1) is 15.0. The molecule has 2 atom stereocenters. The lowest BCUT2D eigenvalue weighted by Crippen LogP contribution is -2.43. The molecule has 2 unspecified atom stereocenters. The molecule has 0 aliphatic carbocycles. The van der Waals surface area contributed by atoms with Crippen molar-refractivity contribution in [3.63, 3.8) is 0 Å². The lowest BCUT2D eigenvalue weighted by Gasteiger charge is -2.40. The Morgan fingerprint density at radius 2 is 1.91 bits per heavy atom. The van der Waals surface area contributed by atoms with Gasteiger partial charge in [-0.2, -0.15) is 0 Å². The van der Waals surface area contributed by atoms with Gasteiger partial charge < -0.3 is 9.16 Å². The summed E-state index contributed by atoms with van der Waals surface area (Å²) in [6.45, 7) is 11.0. The fraction of sp³-hybridized carbons (Fsp3) is 0.480. The van der Waals surface area contributed by atoms with Gasteiger partial charge in [0.15, 0.2) is 8.32 Å². The third kappa shape index (κ3) is 5.69. The Balaban J connectivity index is 1.82. The molecule has 2 aromatic rings. The first-order valence-electron chi connectivity index (χ1n) is 11.0. The first-order valence-corrected chi connectivity index (χ1v) is 13.9. The number of carbonyl (C=O) groups is 1. The molecule has 0 fully saturated rings. The predicted octanol–water partition coefficient (Wildman–Crippen LogP) is 5.92. The van der Waals surface area contributed by atoms with Gasteiger partial charge in [-0.1, -0.05) is 32.9 Å². The Morgan fingerprint density at radius 1 is 1.22 bits per heavy atom. The van der Waals surface area contributed by atoms with Crippen molar-refractivity contribution in [1.29, 1.82) is 0 Å². The van der Waals surface area contributed by atoms with Crippen LogP contribution in [0.4, 0.5) is 4.39 Å². The van der Waals surface area contributed by atoms with E-state index in [-0.39, 0.29) is 29.0 Å². The van der Waals surface area contributed by atoms with E-state index in [1.54, 1.807) is 18.3 Å². The normalized spacial score (nSPS) is 17.7. The van der Waals surface area contributed by atoms with Crippen molar-refractivity contribution in [3.8, 4) is 0 Å². The van der Waals surface area contributed by atoms with Crippen LogP contribution in [0.2, 0.25) is 18.1 Å². The van der Waals surface area contributed by atoms with Crippen LogP contribution in [0.25, 0.3) is 0 Å². The van der Waals surface area contributed by atoms with E-state index >= 15 is 0 Å². The molecule has 1 aliphatic rings. The molecule has 3 rings (SSSR count). The molecule has 172 valence electrons. The number of aliphatic imine (C=N–C) groups is 1. The molecule has 0 bridgehead atoms. The number of methoxy groups -OCH3 is 1. The van der Waals surface area contributed by atoms with E-state index in [1.165, 1.54) is 19.4 Å². The Morgan fingerprint density at radius 3 is 2.50 bits per heavy atom. The third-order valence-electron chi connectivity index (χ3n) is 6.49. The maximum absolute atomic E-state index is 14.0. The molecule has 0 spiro atoms. The van der Waals surface area contributed by atoms with Gasteiger partial charge in [0.05, 0.1) is 31.0 Å². The molecule has 32 heavy (non-hydrogen) atoms. The molecule has 5 nitrogen and oxygen atoms in total. The highest BCUT2D eigenvalue weighted by Gasteiger charge is 2.42. The summed E-state index contributed by atoms with van der Waals surface area (Å²) in [6.07, 6.45) is 5.02. The standard InChI is InChI=1S/C25H33FN2O3Si/c1-25(2,3)32(5,6)31-23(19-14-20(26)16-27-15-19)22-12-11-21(28-22)13-17-7-9-18(10-8-17)24(29)30-4/h7-10,14-16,22-23H,11-13H2,1-6H3. The van der Waals surface area contributed by atoms with Gasteiger partial charge >= 0.3 is 5.97 Å². The molecular formula is C25H33FN2O3Si. The van der Waals surface area contributed by atoms with E-state index in [0.29, 0.717) is 12.0 Å². The zero-order valence-corrected chi connectivity index (χ0v) is 20.8. The van der Waals surface area contributed by atoms with Crippen LogP contribution in [0.15, 0.2) is 47.7 Å². The van der Waals surface area contributed by atoms with Gasteiger partial charge in [0.2, 0.25) is 0 Å². The maximum Gasteiger partial charge on any atom is 0.337 e. The minimum atomic E-state index is -2.12. The van der Waals surface area contributed by atoms with E-state index in [0.717, 1.165) is 29.7 Å². The molecule has 1 aromatic carbocycles. The number of ether oxygens (including phenoxy) is 1. The smallest absolute Gasteiger partial charge is 0.337 e. The SMILES string of the molecule is COC(=O)c1ccc(CC2=NC(C(O[Si](C)(C)C(C)(C)C)c3cncc(F)c3)CC2)cc1. The van der Waals surface area contributed by atoms with E-state index in [9.17, 15) is 9.18 Å². The third-order valence-corrected chi connectivity index (χ3v) is 10.9. The minimum Gasteiger partial charge on any atom is -0.465 e. The number of esters is 1. The summed E-state index contributed by atoms with van der Waals surface area (Å²) in [6, 6.07) is 8.86. The molecule has 0 N–H and O–H groups in total. The van der Waals surface area contributed by atoms with E-state index < -0.39 is 8.32 Å². The summed E-state index contributed by atoms with van der Waals surface area (Å²) in [7, 11) is -0.741. The van der Waals surface area contributed by atoms with Crippen molar-refractivity contribution in [2.75, 3.05) is 7.11 Å². The average molecular weight is 457 g/mol. The lowest BCUT2D eigenvalue weighted by molar-refractivity contribution is 0.0600. The van der Waals surface area contributed by atoms with Gasteiger partial charge in [-0.25, -0.2) is 9.18 Å². The molecular weight excluding hydrogens is 423 g/mol. The van der Waals surface area contributed by atoms with Crippen molar-refractivity contribution < 1.29 is 18.3 Å². The number of halogens is 1. The van der Waals surface area contributed by atoms with E-state index in [1.807, 2.05) is 12.1 Å². The summed E-state index contributed by atoms with van der Waals surface area (Å²) in [5.41, 5.74) is 3.46. The number of hydrogen-bond acceptors (Lipinski definition) is 5. The van der Waals surface area contributed by atoms with Crippen LogP contribution in [-0.4, -0.2) is 38.1 Å². The topological polar surface area (TPSA) is 60.8 Å². The van der Waals surface area contributed by atoms with Gasteiger partial charge in [0, 0.05) is 23.9 Å². The van der Waals surface area contributed by atoms with Gasteiger partial charge in [-0.05, 0) is 54.7 Å². The van der Waals surface area contributed by atoms with Crippen LogP contribution in [0, 0.1) is 5.82 Å². The van der Waals surface area contributed by atoms with Crippen molar-refractivity contribution in [1.82, 2.24) is 4.98 Å². The molecule has 7 heteroatoms. The lowest BCUT2D eigenvalue weighted by atomic mass is 10.0. The summed E-state index contributed by atoms with van der Waals surface area (Å²) in [5.74, 6) is -0.705. The van der Waals surface area contributed by atoms with Crippen LogP contribution in [0.1, 0.15) is 61.2 Å². The number of hydrogen-bond donors (Lipinski definition) is 0. The fourth-order valence-electron chi connectivity index (χ4n) is 3.59. The van der Waals surface area contributed by atoms with Crippen molar-refractivity contribution in [2.45, 2.75) is 70.3 Å². The Kier molecular flexibility index (Phi) is 7.30. The number of nitrogens with zero attached hydrogens (tertiary/aromatic N) is 2. The summed E-state index contributed by atoms with van der Waals surface area (Å²) in [5, 5.41) is 0.0263. The molecule has 0 saturated heterocycles. The average Bonchev–Trinajstić information content (AvgIpc) is 3.19. The quantitative estimate of drug-likeness (QED) is 0.383. The highest BCUT2D eigenvalue weighted by Crippen LogP contribution is 2.42. The molecule has 2 heterocycles. The molecule has 1 aromatic heterocycles. The highest BCUT2D eigenvalue weighted by molar-refractivity contribution is 6.74. The summed E-state index contributed by atoms with van der Waals surface area (Å²) >= 11 is 0. The van der Waals surface area contributed by atoms with Gasteiger partial charge in [-0.3, -0.25) is 9.98 Å². The van der Waals surface area contributed by atoms with Crippen molar-refractivity contribution in [3.05, 3.63) is 65.2 Å². The van der Waals surface area contributed by atoms with Gasteiger partial charge in [0.1, 0.15) is 5.82 Å². The Hall–Kier alpha value is -2.38. The number of carbonyl (C=O) groups excluding carboxylic acids is 1. The zero-order valence-electron chi connectivity index (χ0n) is 19.8. The largest absolute Gasteiger partial charge is 0.465 e. The summed E-state index contributed by atoms with van der Waals surface area (Å²) < 4.78 is 25.5. The monoisotopic (exact) mass is 456 g/mol. The molecule has 0 amide bonds. The number of rotatable bonds is 7. The molecule has 0 radical (unpaired) electrons. The predicted molar refractivity (Wildman–Crippen MR) is 127 cm³/mol. The second-order valence-corrected chi connectivity index (χ2v) is 14.7. The second-order valence-electron chi connectivity index (χ2n) is 9.90. The maximum atomic E-state index is 14.0. The summed E-state index contributed by atoms with van der Waals surface area (Å²) in [4.78, 5) is 20.7. The molecule has 0 saturated carbocycles. The first kappa shape index (κ1) is 24.3. The van der Waals surface area contributed by atoms with Gasteiger partial charge in [0.25, 0.3) is 0 Å². The van der Waals surface area contributed by atoms with Crippen LogP contribution >= 0.6 is 0 Å². The van der Waals surface area contributed by atoms with E-state index in [4.69, 9.17) is 14.2 Å². The molecule has 1 aliphatic heterocycles. The van der Waals surface area contributed by atoms with Crippen LogP contribution in [0.5, 0.6) is 0 Å². The van der Waals surface area contributed by atoms with Gasteiger partial charge in [-0.15, -0.1) is 0 Å². The fourth-order valence-corrected chi connectivity index (χ4v) is 4.87. The minimum absolute atomic E-state index is 0.0263. The van der Waals surface area contributed by atoms with E-state index in [2.05, 4.69) is 38.8 Å². The number of benzene rings is 1. The van der Waals surface area contributed by atoms with Crippen LogP contribution in [-0.2, 0) is 15.6 Å². The van der Waals surface area contributed by atoms with Crippen molar-refractivity contribution in [2.24, 2.45) is 4.99 Å². The van der Waals surface area contributed by atoms with Crippen LogP contribution in [0.3, 0.4) is 0 Å². The number of pyridine rings is 1. The van der Waals surface area contributed by atoms with Crippen molar-refractivity contribution >= 4 is 20.0 Å².